The molecule has 1 aromatic carbocycles. The Morgan fingerprint density at radius 2 is 2.05 bits per heavy atom. The smallest absolute Gasteiger partial charge is 0.309 e. The van der Waals surface area contributed by atoms with E-state index in [-0.39, 0.29) is 12.5 Å². The van der Waals surface area contributed by atoms with Crippen LogP contribution in [0, 0.1) is 16.7 Å². The number of para-hydroxylation sites is 1. The molecule has 0 saturated carbocycles. The van der Waals surface area contributed by atoms with E-state index in [1.807, 2.05) is 6.07 Å². The molecule has 0 spiro atoms. The van der Waals surface area contributed by atoms with Gasteiger partial charge < -0.3 is 15.2 Å². The maximum absolute atomic E-state index is 11.9. The van der Waals surface area contributed by atoms with Gasteiger partial charge >= 0.3 is 5.97 Å². The zero-order valence-corrected chi connectivity index (χ0v) is 12.9. The van der Waals surface area contributed by atoms with Crippen LogP contribution in [-0.4, -0.2) is 29.6 Å². The summed E-state index contributed by atoms with van der Waals surface area (Å²) in [5, 5.41) is 20.6. The Bertz CT molecular complexity index is 590. The van der Waals surface area contributed by atoms with Crippen molar-refractivity contribution in [3.8, 4) is 11.8 Å². The summed E-state index contributed by atoms with van der Waals surface area (Å²) in [6.45, 7) is 5.02. The summed E-state index contributed by atoms with van der Waals surface area (Å²) in [4.78, 5) is 22.9. The van der Waals surface area contributed by atoms with Crippen molar-refractivity contribution < 1.29 is 19.4 Å². The number of carbonyl (C=O) groups excluding carboxylic acids is 1. The number of carboxylic acids is 1. The maximum Gasteiger partial charge on any atom is 0.309 e. The van der Waals surface area contributed by atoms with Gasteiger partial charge in [0, 0.05) is 6.54 Å². The monoisotopic (exact) mass is 304 g/mol. The zero-order valence-electron chi connectivity index (χ0n) is 12.9. The fourth-order valence-electron chi connectivity index (χ4n) is 1.65. The minimum atomic E-state index is -0.908. The van der Waals surface area contributed by atoms with Crippen LogP contribution in [-0.2, 0) is 9.59 Å². The highest BCUT2D eigenvalue weighted by Crippen LogP contribution is 2.20. The first-order valence-electron chi connectivity index (χ1n) is 6.95. The van der Waals surface area contributed by atoms with Crippen LogP contribution in [0.2, 0.25) is 0 Å². The Hall–Kier alpha value is -2.55. The highest BCUT2D eigenvalue weighted by atomic mass is 16.5. The van der Waals surface area contributed by atoms with E-state index in [2.05, 4.69) is 5.32 Å². The summed E-state index contributed by atoms with van der Waals surface area (Å²) in [5.41, 5.74) is -0.542. The summed E-state index contributed by atoms with van der Waals surface area (Å²) in [6.07, 6.45) is -0.460. The van der Waals surface area contributed by atoms with Gasteiger partial charge in [-0.25, -0.2) is 0 Å². The molecule has 0 fully saturated rings. The molecule has 1 amide bonds. The van der Waals surface area contributed by atoms with Gasteiger partial charge in [0.25, 0.3) is 5.91 Å². The van der Waals surface area contributed by atoms with Gasteiger partial charge in [-0.2, -0.15) is 5.26 Å². The number of nitriles is 1. The molecule has 0 heterocycles. The Balaban J connectivity index is 2.53. The quantitative estimate of drug-likeness (QED) is 0.802. The number of rotatable bonds is 7. The first-order chi connectivity index (χ1) is 10.3. The number of hydrogen-bond donors (Lipinski definition) is 2. The molecule has 1 rings (SSSR count). The van der Waals surface area contributed by atoms with Crippen LogP contribution < -0.4 is 10.1 Å². The number of nitrogens with one attached hydrogen (secondary N) is 1. The van der Waals surface area contributed by atoms with Gasteiger partial charge in [-0.15, -0.1) is 0 Å². The van der Waals surface area contributed by atoms with Crippen LogP contribution in [0.25, 0.3) is 0 Å². The van der Waals surface area contributed by atoms with Crippen molar-refractivity contribution in [2.45, 2.75) is 33.3 Å². The van der Waals surface area contributed by atoms with E-state index in [4.69, 9.17) is 15.1 Å². The molecule has 0 radical (unpaired) electrons. The van der Waals surface area contributed by atoms with Gasteiger partial charge in [-0.1, -0.05) is 12.1 Å². The molecule has 0 bridgehead atoms. The third-order valence-electron chi connectivity index (χ3n) is 3.31. The third-order valence-corrected chi connectivity index (χ3v) is 3.31. The minimum Gasteiger partial charge on any atom is -0.481 e. The topological polar surface area (TPSA) is 99.4 Å². The van der Waals surface area contributed by atoms with Crippen molar-refractivity contribution >= 4 is 11.9 Å². The van der Waals surface area contributed by atoms with E-state index < -0.39 is 17.5 Å². The van der Waals surface area contributed by atoms with Crippen LogP contribution in [0.5, 0.6) is 5.75 Å². The van der Waals surface area contributed by atoms with Crippen molar-refractivity contribution in [1.29, 1.82) is 5.26 Å². The van der Waals surface area contributed by atoms with Crippen molar-refractivity contribution in [1.82, 2.24) is 5.32 Å². The summed E-state index contributed by atoms with van der Waals surface area (Å²) in [6, 6.07) is 8.65. The molecule has 1 atom stereocenters. The lowest BCUT2D eigenvalue weighted by atomic mass is 9.90. The second-order valence-corrected chi connectivity index (χ2v) is 5.60. The molecular formula is C16H20N2O4. The number of amides is 1. The first-order valence-corrected chi connectivity index (χ1v) is 6.95. The standard InChI is InChI=1S/C16H20N2O4/c1-11(22-13-7-5-4-6-12(13)10-17)14(19)18-9-8-16(2,3)15(20)21/h4-7,11H,8-9H2,1-3H3,(H,18,19)(H,20,21). The molecule has 0 aliphatic rings. The first kappa shape index (κ1) is 17.5. The fourth-order valence-corrected chi connectivity index (χ4v) is 1.65. The molecule has 1 unspecified atom stereocenters. The second kappa shape index (κ2) is 7.46. The average molecular weight is 304 g/mol. The molecule has 6 heteroatoms. The third kappa shape index (κ3) is 4.77. The van der Waals surface area contributed by atoms with Crippen molar-refractivity contribution in [3.63, 3.8) is 0 Å². The minimum absolute atomic E-state index is 0.242. The van der Waals surface area contributed by atoms with Crippen molar-refractivity contribution in [2.24, 2.45) is 5.41 Å². The Morgan fingerprint density at radius 1 is 1.41 bits per heavy atom. The number of aliphatic carboxylic acids is 1. The molecule has 0 saturated heterocycles. The largest absolute Gasteiger partial charge is 0.481 e. The molecule has 118 valence electrons. The van der Waals surface area contributed by atoms with Gasteiger partial charge in [0.2, 0.25) is 0 Å². The van der Waals surface area contributed by atoms with E-state index in [1.54, 1.807) is 45.0 Å². The summed E-state index contributed by atoms with van der Waals surface area (Å²) in [5.74, 6) is -0.915. The summed E-state index contributed by atoms with van der Waals surface area (Å²) in [7, 11) is 0. The van der Waals surface area contributed by atoms with Crippen LogP contribution in [0.4, 0.5) is 0 Å². The molecule has 22 heavy (non-hydrogen) atoms. The normalized spacial score (nSPS) is 12.1. The Kier molecular flexibility index (Phi) is 5.93. The lowest BCUT2D eigenvalue weighted by molar-refractivity contribution is -0.147. The molecule has 2 N–H and O–H groups in total. The van der Waals surface area contributed by atoms with E-state index in [0.29, 0.717) is 17.7 Å². The van der Waals surface area contributed by atoms with E-state index >= 15 is 0 Å². The van der Waals surface area contributed by atoms with Gasteiger partial charge in [0.05, 0.1) is 11.0 Å². The number of nitrogens with zero attached hydrogens (tertiary/aromatic N) is 1. The lowest BCUT2D eigenvalue weighted by Gasteiger charge is -2.20. The average Bonchev–Trinajstić information content (AvgIpc) is 2.47. The molecule has 0 aromatic heterocycles. The predicted octanol–water partition coefficient (Wildman–Crippen LogP) is 1.94. The van der Waals surface area contributed by atoms with E-state index in [9.17, 15) is 9.59 Å². The van der Waals surface area contributed by atoms with Gasteiger partial charge in [0.15, 0.2) is 6.10 Å². The lowest BCUT2D eigenvalue weighted by Crippen LogP contribution is -2.39. The number of hydrogen-bond acceptors (Lipinski definition) is 4. The number of benzene rings is 1. The highest BCUT2D eigenvalue weighted by Gasteiger charge is 2.27. The number of ether oxygens (including phenoxy) is 1. The van der Waals surface area contributed by atoms with Gasteiger partial charge in [0.1, 0.15) is 11.8 Å². The van der Waals surface area contributed by atoms with Crippen LogP contribution in [0.15, 0.2) is 24.3 Å². The Labute approximate surface area is 129 Å². The fraction of sp³-hybridized carbons (Fsp3) is 0.438. The predicted molar refractivity (Wildman–Crippen MR) is 80.3 cm³/mol. The molecule has 6 nitrogen and oxygen atoms in total. The SMILES string of the molecule is CC(Oc1ccccc1C#N)C(=O)NCCC(C)(C)C(=O)O. The summed E-state index contributed by atoms with van der Waals surface area (Å²) >= 11 is 0. The van der Waals surface area contributed by atoms with Crippen molar-refractivity contribution in [3.05, 3.63) is 29.8 Å². The maximum atomic E-state index is 11.9. The zero-order chi connectivity index (χ0) is 16.8. The van der Waals surface area contributed by atoms with Crippen molar-refractivity contribution in [2.75, 3.05) is 6.54 Å². The second-order valence-electron chi connectivity index (χ2n) is 5.60. The molecular weight excluding hydrogens is 284 g/mol. The van der Waals surface area contributed by atoms with E-state index in [0.717, 1.165) is 0 Å². The number of carbonyl (C=O) groups is 2. The van der Waals surface area contributed by atoms with Gasteiger partial charge in [-0.05, 0) is 39.3 Å². The molecule has 1 aromatic rings. The highest BCUT2D eigenvalue weighted by molar-refractivity contribution is 5.81. The van der Waals surface area contributed by atoms with E-state index in [1.165, 1.54) is 0 Å². The summed E-state index contributed by atoms with van der Waals surface area (Å²) < 4.78 is 5.48. The van der Waals surface area contributed by atoms with Crippen LogP contribution in [0.1, 0.15) is 32.8 Å². The number of carboxylic acid groups (broad SMARTS) is 1. The van der Waals surface area contributed by atoms with Crippen LogP contribution in [0.3, 0.4) is 0 Å². The Morgan fingerprint density at radius 3 is 2.64 bits per heavy atom. The molecule has 0 aliphatic carbocycles. The molecule has 0 aliphatic heterocycles. The van der Waals surface area contributed by atoms with Crippen LogP contribution >= 0.6 is 0 Å². The van der Waals surface area contributed by atoms with Gasteiger partial charge in [-0.3, -0.25) is 9.59 Å².